The predicted molar refractivity (Wildman–Crippen MR) is 71.1 cm³/mol. The van der Waals surface area contributed by atoms with Crippen molar-refractivity contribution in [2.24, 2.45) is 0 Å². The normalized spacial score (nSPS) is 10.3. The Morgan fingerprint density at radius 2 is 2.05 bits per heavy atom. The van der Waals surface area contributed by atoms with Crippen molar-refractivity contribution in [2.75, 3.05) is 5.32 Å². The maximum Gasteiger partial charge on any atom is 0.328 e. The third-order valence-electron chi connectivity index (χ3n) is 2.65. The van der Waals surface area contributed by atoms with Gasteiger partial charge in [0.25, 0.3) is 5.56 Å². The highest BCUT2D eigenvalue weighted by molar-refractivity contribution is 5.90. The van der Waals surface area contributed by atoms with Crippen LogP contribution in [0.2, 0.25) is 0 Å². The molecule has 1 aromatic carbocycles. The van der Waals surface area contributed by atoms with Crippen LogP contribution in [0.15, 0.2) is 40.1 Å². The molecular formula is C13H12FN3O3. The molecule has 0 fully saturated rings. The number of H-pyrrole nitrogens is 1. The summed E-state index contributed by atoms with van der Waals surface area (Å²) in [6.45, 7) is 1.20. The van der Waals surface area contributed by atoms with E-state index in [4.69, 9.17) is 0 Å². The molecule has 0 saturated heterocycles. The number of anilines is 1. The van der Waals surface area contributed by atoms with Crippen LogP contribution in [0, 0.1) is 12.7 Å². The SMILES string of the molecule is Cc1cn(CC(=O)Nc2ccccc2F)c(=O)[nH]c1=O. The molecule has 2 rings (SSSR count). The molecule has 0 saturated carbocycles. The lowest BCUT2D eigenvalue weighted by Crippen LogP contribution is -2.34. The Morgan fingerprint density at radius 1 is 1.35 bits per heavy atom. The van der Waals surface area contributed by atoms with Crippen molar-refractivity contribution in [1.82, 2.24) is 9.55 Å². The summed E-state index contributed by atoms with van der Waals surface area (Å²) in [5, 5.41) is 2.35. The van der Waals surface area contributed by atoms with Crippen LogP contribution in [0.3, 0.4) is 0 Å². The average Bonchev–Trinajstić information content (AvgIpc) is 2.39. The maximum absolute atomic E-state index is 13.4. The van der Waals surface area contributed by atoms with E-state index in [1.54, 1.807) is 6.07 Å². The topological polar surface area (TPSA) is 84.0 Å². The van der Waals surface area contributed by atoms with Gasteiger partial charge in [0, 0.05) is 11.8 Å². The van der Waals surface area contributed by atoms with Gasteiger partial charge in [-0.15, -0.1) is 0 Å². The Morgan fingerprint density at radius 3 is 2.75 bits per heavy atom. The van der Waals surface area contributed by atoms with Crippen LogP contribution in [0.1, 0.15) is 5.56 Å². The number of hydrogen-bond acceptors (Lipinski definition) is 3. The molecule has 2 N–H and O–H groups in total. The predicted octanol–water partition coefficient (Wildman–Crippen LogP) is 0.623. The van der Waals surface area contributed by atoms with Crippen molar-refractivity contribution >= 4 is 11.6 Å². The summed E-state index contributed by atoms with van der Waals surface area (Å²) in [5.41, 5.74) is -0.847. The quantitative estimate of drug-likeness (QED) is 0.862. The Balaban J connectivity index is 2.17. The second-order valence-electron chi connectivity index (χ2n) is 4.23. The van der Waals surface area contributed by atoms with Crippen molar-refractivity contribution in [2.45, 2.75) is 13.5 Å². The third kappa shape index (κ3) is 3.00. The fourth-order valence-electron chi connectivity index (χ4n) is 1.64. The second kappa shape index (κ2) is 5.52. The molecular weight excluding hydrogens is 265 g/mol. The zero-order valence-electron chi connectivity index (χ0n) is 10.6. The Bertz CT molecular complexity index is 764. The van der Waals surface area contributed by atoms with Gasteiger partial charge in [-0.3, -0.25) is 19.1 Å². The molecule has 2 aromatic rings. The first-order valence-corrected chi connectivity index (χ1v) is 5.82. The number of aryl methyl sites for hydroxylation is 1. The average molecular weight is 277 g/mol. The van der Waals surface area contributed by atoms with E-state index < -0.39 is 23.0 Å². The highest BCUT2D eigenvalue weighted by Crippen LogP contribution is 2.11. The minimum Gasteiger partial charge on any atom is -0.322 e. The van der Waals surface area contributed by atoms with Gasteiger partial charge in [0.1, 0.15) is 12.4 Å². The van der Waals surface area contributed by atoms with Gasteiger partial charge in [-0.05, 0) is 19.1 Å². The van der Waals surface area contributed by atoms with Crippen molar-refractivity contribution in [3.63, 3.8) is 0 Å². The highest BCUT2D eigenvalue weighted by Gasteiger charge is 2.09. The van der Waals surface area contributed by atoms with Crippen LogP contribution in [-0.4, -0.2) is 15.5 Å². The number of para-hydroxylation sites is 1. The lowest BCUT2D eigenvalue weighted by molar-refractivity contribution is -0.116. The number of carbonyl (C=O) groups is 1. The van der Waals surface area contributed by atoms with E-state index >= 15 is 0 Å². The molecule has 0 aliphatic rings. The van der Waals surface area contributed by atoms with Gasteiger partial charge in [0.15, 0.2) is 0 Å². The summed E-state index contributed by atoms with van der Waals surface area (Å²) >= 11 is 0. The first-order valence-electron chi connectivity index (χ1n) is 5.82. The first kappa shape index (κ1) is 13.7. The number of hydrogen-bond donors (Lipinski definition) is 2. The summed E-state index contributed by atoms with van der Waals surface area (Å²) < 4.78 is 14.4. The first-order chi connectivity index (χ1) is 9.47. The maximum atomic E-state index is 13.4. The van der Waals surface area contributed by atoms with Gasteiger partial charge in [-0.1, -0.05) is 12.1 Å². The number of amides is 1. The smallest absolute Gasteiger partial charge is 0.322 e. The van der Waals surface area contributed by atoms with Crippen LogP contribution >= 0.6 is 0 Å². The lowest BCUT2D eigenvalue weighted by atomic mass is 10.3. The van der Waals surface area contributed by atoms with Gasteiger partial charge in [0.05, 0.1) is 5.69 Å². The van der Waals surface area contributed by atoms with E-state index in [9.17, 15) is 18.8 Å². The number of carbonyl (C=O) groups excluding carboxylic acids is 1. The van der Waals surface area contributed by atoms with Crippen molar-refractivity contribution in [3.8, 4) is 0 Å². The molecule has 0 aliphatic heterocycles. The molecule has 0 aliphatic carbocycles. The Labute approximate surface area is 112 Å². The Hall–Kier alpha value is -2.70. The fourth-order valence-corrected chi connectivity index (χ4v) is 1.64. The molecule has 0 unspecified atom stereocenters. The number of rotatable bonds is 3. The minimum absolute atomic E-state index is 0.0340. The van der Waals surface area contributed by atoms with Gasteiger partial charge in [-0.2, -0.15) is 0 Å². The molecule has 0 spiro atoms. The molecule has 1 heterocycles. The lowest BCUT2D eigenvalue weighted by Gasteiger charge is -2.08. The van der Waals surface area contributed by atoms with Gasteiger partial charge >= 0.3 is 5.69 Å². The fraction of sp³-hybridized carbons (Fsp3) is 0.154. The van der Waals surface area contributed by atoms with Crippen LogP contribution in [0.25, 0.3) is 0 Å². The van der Waals surface area contributed by atoms with Gasteiger partial charge < -0.3 is 5.32 Å². The number of halogens is 1. The number of benzene rings is 1. The van der Waals surface area contributed by atoms with E-state index in [0.29, 0.717) is 5.56 Å². The van der Waals surface area contributed by atoms with Crippen LogP contribution in [-0.2, 0) is 11.3 Å². The van der Waals surface area contributed by atoms with Gasteiger partial charge in [-0.25, -0.2) is 9.18 Å². The summed E-state index contributed by atoms with van der Waals surface area (Å²) in [4.78, 5) is 36.5. The highest BCUT2D eigenvalue weighted by atomic mass is 19.1. The third-order valence-corrected chi connectivity index (χ3v) is 2.65. The Kier molecular flexibility index (Phi) is 3.79. The van der Waals surface area contributed by atoms with E-state index in [-0.39, 0.29) is 12.2 Å². The summed E-state index contributed by atoms with van der Waals surface area (Å²) in [7, 11) is 0. The van der Waals surface area contributed by atoms with Crippen molar-refractivity contribution < 1.29 is 9.18 Å². The van der Waals surface area contributed by atoms with E-state index in [1.165, 1.54) is 31.3 Å². The van der Waals surface area contributed by atoms with E-state index in [2.05, 4.69) is 10.3 Å². The molecule has 104 valence electrons. The summed E-state index contributed by atoms with van der Waals surface area (Å²) in [6, 6.07) is 5.70. The molecule has 1 amide bonds. The molecule has 7 heteroatoms. The zero-order chi connectivity index (χ0) is 14.7. The minimum atomic E-state index is -0.690. The van der Waals surface area contributed by atoms with Crippen LogP contribution < -0.4 is 16.6 Å². The molecule has 6 nitrogen and oxygen atoms in total. The standard InChI is InChI=1S/C13H12FN3O3/c1-8-6-17(13(20)16-12(8)19)7-11(18)15-10-5-3-2-4-9(10)14/h2-6H,7H2,1H3,(H,15,18)(H,16,19,20). The monoisotopic (exact) mass is 277 g/mol. The van der Waals surface area contributed by atoms with E-state index in [0.717, 1.165) is 4.57 Å². The van der Waals surface area contributed by atoms with Crippen LogP contribution in [0.5, 0.6) is 0 Å². The number of aromatic nitrogens is 2. The zero-order valence-corrected chi connectivity index (χ0v) is 10.6. The molecule has 20 heavy (non-hydrogen) atoms. The molecule has 0 bridgehead atoms. The molecule has 0 atom stereocenters. The van der Waals surface area contributed by atoms with E-state index in [1.807, 2.05) is 0 Å². The summed E-state index contributed by atoms with van der Waals surface area (Å²) in [6.07, 6.45) is 1.28. The van der Waals surface area contributed by atoms with Crippen molar-refractivity contribution in [1.29, 1.82) is 0 Å². The number of nitrogens with zero attached hydrogens (tertiary/aromatic N) is 1. The number of aromatic amines is 1. The van der Waals surface area contributed by atoms with Crippen molar-refractivity contribution in [3.05, 3.63) is 62.7 Å². The van der Waals surface area contributed by atoms with Gasteiger partial charge in [0.2, 0.25) is 5.91 Å². The number of nitrogens with one attached hydrogen (secondary N) is 2. The molecule has 1 aromatic heterocycles. The largest absolute Gasteiger partial charge is 0.328 e. The molecule has 0 radical (unpaired) electrons. The summed E-state index contributed by atoms with van der Waals surface area (Å²) in [5.74, 6) is -1.13. The van der Waals surface area contributed by atoms with Crippen LogP contribution in [0.4, 0.5) is 10.1 Å². The second-order valence-corrected chi connectivity index (χ2v) is 4.23.